The van der Waals surface area contributed by atoms with Crippen molar-refractivity contribution in [3.05, 3.63) is 29.8 Å². The van der Waals surface area contributed by atoms with Gasteiger partial charge in [0.15, 0.2) is 0 Å². The maximum Gasteiger partial charge on any atom is 0.253 e. The number of ether oxygens (including phenoxy) is 1. The van der Waals surface area contributed by atoms with Gasteiger partial charge in [0, 0.05) is 37.8 Å². The molecule has 3 fully saturated rings. The summed E-state index contributed by atoms with van der Waals surface area (Å²) >= 11 is 0. The summed E-state index contributed by atoms with van der Waals surface area (Å²) in [4.78, 5) is 14.8. The van der Waals surface area contributed by atoms with Gasteiger partial charge in [-0.1, -0.05) is 6.07 Å². The Morgan fingerprint density at radius 3 is 2.50 bits per heavy atom. The highest BCUT2D eigenvalue weighted by Crippen LogP contribution is 2.37. The van der Waals surface area contributed by atoms with Gasteiger partial charge in [-0.3, -0.25) is 4.79 Å². The molecule has 3 aliphatic heterocycles. The fourth-order valence-corrected chi connectivity index (χ4v) is 5.55. The van der Waals surface area contributed by atoms with Crippen LogP contribution in [0, 0.1) is 0 Å². The topological polar surface area (TPSA) is 92.9 Å². The second-order valence-corrected chi connectivity index (χ2v) is 9.45. The third kappa shape index (κ3) is 3.15. The molecule has 7 nitrogen and oxygen atoms in total. The van der Waals surface area contributed by atoms with Crippen molar-refractivity contribution in [1.82, 2.24) is 9.21 Å². The van der Waals surface area contributed by atoms with Crippen LogP contribution in [-0.4, -0.2) is 68.0 Å². The van der Waals surface area contributed by atoms with Crippen molar-refractivity contribution < 1.29 is 17.9 Å². The number of piperidine rings is 1. The van der Waals surface area contributed by atoms with Gasteiger partial charge in [0.25, 0.3) is 5.91 Å². The molecule has 1 aromatic carbocycles. The molecule has 0 radical (unpaired) electrons. The second kappa shape index (κ2) is 6.60. The van der Waals surface area contributed by atoms with E-state index in [1.165, 1.54) is 10.4 Å². The maximum atomic E-state index is 12.8. The van der Waals surface area contributed by atoms with Crippen LogP contribution in [0.1, 0.15) is 36.0 Å². The zero-order chi connectivity index (χ0) is 18.4. The molecule has 142 valence electrons. The maximum absolute atomic E-state index is 12.8. The van der Waals surface area contributed by atoms with E-state index in [-0.39, 0.29) is 22.4 Å². The first-order valence-electron chi connectivity index (χ1n) is 9.19. The SMILES string of the molecule is NC1CCN(S(=O)(=O)c2cccc(C(=O)N3CCC4(CCO4)CC3)c2)C1. The van der Waals surface area contributed by atoms with Crippen LogP contribution in [0.3, 0.4) is 0 Å². The van der Waals surface area contributed by atoms with Crippen molar-refractivity contribution in [2.45, 2.75) is 42.2 Å². The Bertz CT molecular complexity index is 796. The molecule has 1 spiro atoms. The van der Waals surface area contributed by atoms with E-state index in [0.29, 0.717) is 38.2 Å². The summed E-state index contributed by atoms with van der Waals surface area (Å²) < 4.78 is 32.7. The van der Waals surface area contributed by atoms with Gasteiger partial charge in [-0.2, -0.15) is 4.31 Å². The van der Waals surface area contributed by atoms with Gasteiger partial charge < -0.3 is 15.4 Å². The van der Waals surface area contributed by atoms with Gasteiger partial charge in [0.1, 0.15) is 0 Å². The Hall–Kier alpha value is -1.48. The summed E-state index contributed by atoms with van der Waals surface area (Å²) in [6.45, 7) is 2.87. The summed E-state index contributed by atoms with van der Waals surface area (Å²) in [6.07, 6.45) is 3.43. The highest BCUT2D eigenvalue weighted by molar-refractivity contribution is 7.89. The lowest BCUT2D eigenvalue weighted by atomic mass is 9.84. The smallest absolute Gasteiger partial charge is 0.253 e. The lowest BCUT2D eigenvalue weighted by molar-refractivity contribution is -0.169. The van der Waals surface area contributed by atoms with Crippen LogP contribution in [-0.2, 0) is 14.8 Å². The third-order valence-corrected chi connectivity index (χ3v) is 7.70. The van der Waals surface area contributed by atoms with Crippen LogP contribution in [0.15, 0.2) is 29.2 Å². The predicted octanol–water partition coefficient (Wildman–Crippen LogP) is 0.803. The Balaban J connectivity index is 1.49. The summed E-state index contributed by atoms with van der Waals surface area (Å²) in [5.74, 6) is -0.116. The molecular formula is C18H25N3O4S. The zero-order valence-corrected chi connectivity index (χ0v) is 15.6. The van der Waals surface area contributed by atoms with Gasteiger partial charge in [-0.25, -0.2) is 8.42 Å². The summed E-state index contributed by atoms with van der Waals surface area (Å²) in [7, 11) is -3.61. The van der Waals surface area contributed by atoms with Crippen molar-refractivity contribution in [2.24, 2.45) is 5.73 Å². The minimum Gasteiger partial charge on any atom is -0.375 e. The largest absolute Gasteiger partial charge is 0.375 e. The van der Waals surface area contributed by atoms with Crippen LogP contribution in [0.4, 0.5) is 0 Å². The first-order chi connectivity index (χ1) is 12.4. The summed E-state index contributed by atoms with van der Waals surface area (Å²) in [5.41, 5.74) is 6.24. The van der Waals surface area contributed by atoms with Crippen LogP contribution >= 0.6 is 0 Å². The number of likely N-dealkylation sites (tertiary alicyclic amines) is 1. The normalized spacial score (nSPS) is 26.0. The Labute approximate surface area is 154 Å². The van der Waals surface area contributed by atoms with Gasteiger partial charge >= 0.3 is 0 Å². The van der Waals surface area contributed by atoms with E-state index in [9.17, 15) is 13.2 Å². The van der Waals surface area contributed by atoms with E-state index in [1.807, 2.05) is 0 Å². The Morgan fingerprint density at radius 2 is 1.92 bits per heavy atom. The number of benzene rings is 1. The lowest BCUT2D eigenvalue weighted by Crippen LogP contribution is -2.53. The second-order valence-electron chi connectivity index (χ2n) is 7.51. The molecule has 0 bridgehead atoms. The number of sulfonamides is 1. The molecule has 3 saturated heterocycles. The number of nitrogens with two attached hydrogens (primary N) is 1. The first-order valence-corrected chi connectivity index (χ1v) is 10.6. The van der Waals surface area contributed by atoms with Crippen molar-refractivity contribution in [1.29, 1.82) is 0 Å². The van der Waals surface area contributed by atoms with Gasteiger partial charge in [-0.15, -0.1) is 0 Å². The van der Waals surface area contributed by atoms with Crippen molar-refractivity contribution in [3.8, 4) is 0 Å². The molecule has 1 amide bonds. The molecule has 4 rings (SSSR count). The van der Waals surface area contributed by atoms with E-state index in [4.69, 9.17) is 10.5 Å². The summed E-state index contributed by atoms with van der Waals surface area (Å²) in [5, 5.41) is 0. The number of rotatable bonds is 3. The Kier molecular flexibility index (Phi) is 4.54. The molecule has 0 aliphatic carbocycles. The summed E-state index contributed by atoms with van der Waals surface area (Å²) in [6, 6.07) is 6.23. The molecule has 1 unspecified atom stereocenters. The van der Waals surface area contributed by atoms with E-state index in [2.05, 4.69) is 0 Å². The zero-order valence-electron chi connectivity index (χ0n) is 14.8. The van der Waals surface area contributed by atoms with E-state index in [0.717, 1.165) is 25.9 Å². The van der Waals surface area contributed by atoms with E-state index < -0.39 is 10.0 Å². The van der Waals surface area contributed by atoms with Crippen molar-refractivity contribution in [3.63, 3.8) is 0 Å². The average Bonchev–Trinajstić information content (AvgIpc) is 3.07. The number of amides is 1. The third-order valence-electron chi connectivity index (χ3n) is 5.83. The quantitative estimate of drug-likeness (QED) is 0.839. The lowest BCUT2D eigenvalue weighted by Gasteiger charge is -2.47. The number of carbonyl (C=O) groups is 1. The van der Waals surface area contributed by atoms with E-state index >= 15 is 0 Å². The molecular weight excluding hydrogens is 354 g/mol. The number of nitrogens with zero attached hydrogens (tertiary/aromatic N) is 2. The molecule has 0 aromatic heterocycles. The first kappa shape index (κ1) is 17.9. The van der Waals surface area contributed by atoms with Crippen LogP contribution in [0.2, 0.25) is 0 Å². The fourth-order valence-electron chi connectivity index (χ4n) is 4.00. The van der Waals surface area contributed by atoms with Crippen LogP contribution in [0.5, 0.6) is 0 Å². The molecule has 1 atom stereocenters. The number of hydrogen-bond donors (Lipinski definition) is 1. The van der Waals surface area contributed by atoms with Gasteiger partial charge in [-0.05, 0) is 43.9 Å². The molecule has 3 aliphatic rings. The van der Waals surface area contributed by atoms with Gasteiger partial charge in [0.05, 0.1) is 17.1 Å². The fraction of sp³-hybridized carbons (Fsp3) is 0.611. The molecule has 3 heterocycles. The van der Waals surface area contributed by atoms with Crippen molar-refractivity contribution in [2.75, 3.05) is 32.8 Å². The van der Waals surface area contributed by atoms with Gasteiger partial charge in [0.2, 0.25) is 10.0 Å². The minimum atomic E-state index is -3.61. The average molecular weight is 379 g/mol. The minimum absolute atomic E-state index is 0.0174. The molecule has 1 aromatic rings. The monoisotopic (exact) mass is 379 g/mol. The predicted molar refractivity (Wildman–Crippen MR) is 96.2 cm³/mol. The molecule has 2 N–H and O–H groups in total. The number of hydrogen-bond acceptors (Lipinski definition) is 5. The van der Waals surface area contributed by atoms with Crippen LogP contribution < -0.4 is 5.73 Å². The van der Waals surface area contributed by atoms with E-state index in [1.54, 1.807) is 23.1 Å². The Morgan fingerprint density at radius 1 is 1.19 bits per heavy atom. The van der Waals surface area contributed by atoms with Crippen molar-refractivity contribution >= 4 is 15.9 Å². The molecule has 8 heteroatoms. The highest BCUT2D eigenvalue weighted by atomic mass is 32.2. The number of carbonyl (C=O) groups excluding carboxylic acids is 1. The molecule has 26 heavy (non-hydrogen) atoms. The standard InChI is InChI=1S/C18H25N3O4S/c19-15-4-8-21(13-15)26(23,24)16-3-1-2-14(12-16)17(22)20-9-5-18(6-10-20)7-11-25-18/h1-3,12,15H,4-11,13,19H2. The highest BCUT2D eigenvalue weighted by Gasteiger charge is 2.42. The van der Waals surface area contributed by atoms with Crippen LogP contribution in [0.25, 0.3) is 0 Å². The molecule has 0 saturated carbocycles.